The summed E-state index contributed by atoms with van der Waals surface area (Å²) in [6.45, 7) is 6.79. The zero-order valence-corrected chi connectivity index (χ0v) is 9.34. The number of rotatable bonds is 0. The number of ether oxygens (including phenoxy) is 1. The van der Waals surface area contributed by atoms with Crippen molar-refractivity contribution in [2.24, 2.45) is 11.3 Å². The van der Waals surface area contributed by atoms with Crippen molar-refractivity contribution >= 4 is 0 Å². The van der Waals surface area contributed by atoms with Crippen LogP contribution in [0, 0.1) is 22.7 Å². The first-order valence-electron chi connectivity index (χ1n) is 5.58. The minimum Gasteiger partial charge on any atom is -0.350 e. The predicted octanol–water partition coefficient (Wildman–Crippen LogP) is 2.88. The SMILES string of the molecule is CC(C)(C)C1CCCCC12OC2C#N. The molecule has 1 saturated heterocycles. The van der Waals surface area contributed by atoms with Crippen LogP contribution in [0.15, 0.2) is 0 Å². The van der Waals surface area contributed by atoms with E-state index in [1.54, 1.807) is 0 Å². The van der Waals surface area contributed by atoms with Gasteiger partial charge in [0.25, 0.3) is 0 Å². The van der Waals surface area contributed by atoms with Gasteiger partial charge in [0, 0.05) is 0 Å². The minimum absolute atomic E-state index is 0.0642. The molecule has 0 bridgehead atoms. The van der Waals surface area contributed by atoms with Crippen molar-refractivity contribution in [1.82, 2.24) is 0 Å². The smallest absolute Gasteiger partial charge is 0.173 e. The molecule has 2 fully saturated rings. The third-order valence-corrected chi connectivity index (χ3v) is 3.79. The standard InChI is InChI=1S/C12H19NO/c1-11(2,3)9-6-4-5-7-12(9)10(8-13)14-12/h9-10H,4-7H2,1-3H3. The van der Waals surface area contributed by atoms with Crippen LogP contribution in [-0.2, 0) is 4.74 Å². The zero-order chi connectivity index (χ0) is 10.4. The van der Waals surface area contributed by atoms with Crippen LogP contribution in [-0.4, -0.2) is 11.7 Å². The fourth-order valence-corrected chi connectivity index (χ4v) is 3.11. The molecule has 14 heavy (non-hydrogen) atoms. The van der Waals surface area contributed by atoms with E-state index in [0.29, 0.717) is 5.92 Å². The van der Waals surface area contributed by atoms with Crippen LogP contribution >= 0.6 is 0 Å². The lowest BCUT2D eigenvalue weighted by Gasteiger charge is -2.38. The summed E-state index contributed by atoms with van der Waals surface area (Å²) < 4.78 is 5.67. The molecule has 2 nitrogen and oxygen atoms in total. The third kappa shape index (κ3) is 1.35. The molecule has 0 aromatic heterocycles. The van der Waals surface area contributed by atoms with Crippen molar-refractivity contribution < 1.29 is 4.74 Å². The quantitative estimate of drug-likeness (QED) is 0.555. The Morgan fingerprint density at radius 2 is 2.07 bits per heavy atom. The van der Waals surface area contributed by atoms with Crippen molar-refractivity contribution in [3.8, 4) is 6.07 Å². The van der Waals surface area contributed by atoms with Crippen molar-refractivity contribution in [1.29, 1.82) is 5.26 Å². The van der Waals surface area contributed by atoms with Crippen LogP contribution in [0.25, 0.3) is 0 Å². The van der Waals surface area contributed by atoms with Gasteiger partial charge in [-0.15, -0.1) is 0 Å². The first kappa shape index (κ1) is 9.98. The maximum atomic E-state index is 8.93. The minimum atomic E-state index is -0.118. The molecule has 1 aliphatic heterocycles. The topological polar surface area (TPSA) is 36.3 Å². The first-order chi connectivity index (χ1) is 6.50. The monoisotopic (exact) mass is 193 g/mol. The van der Waals surface area contributed by atoms with Crippen LogP contribution in [0.3, 0.4) is 0 Å². The number of epoxide rings is 1. The molecule has 0 radical (unpaired) electrons. The molecule has 2 rings (SSSR count). The van der Waals surface area contributed by atoms with E-state index < -0.39 is 0 Å². The van der Waals surface area contributed by atoms with Crippen molar-refractivity contribution in [3.05, 3.63) is 0 Å². The number of nitrogens with zero attached hydrogens (tertiary/aromatic N) is 1. The summed E-state index contributed by atoms with van der Waals surface area (Å²) in [6.07, 6.45) is 4.72. The van der Waals surface area contributed by atoms with E-state index >= 15 is 0 Å². The molecule has 1 heterocycles. The van der Waals surface area contributed by atoms with E-state index in [1.807, 2.05) is 0 Å². The summed E-state index contributed by atoms with van der Waals surface area (Å²) in [5.74, 6) is 0.563. The molecule has 0 aromatic carbocycles. The summed E-state index contributed by atoms with van der Waals surface area (Å²) in [5, 5.41) is 8.93. The fraction of sp³-hybridized carbons (Fsp3) is 0.917. The van der Waals surface area contributed by atoms with E-state index in [0.717, 1.165) is 6.42 Å². The normalized spacial score (nSPS) is 42.1. The summed E-state index contributed by atoms with van der Waals surface area (Å²) in [4.78, 5) is 0. The van der Waals surface area contributed by atoms with Gasteiger partial charge in [-0.25, -0.2) is 0 Å². The molecule has 78 valence electrons. The van der Waals surface area contributed by atoms with Gasteiger partial charge in [-0.05, 0) is 24.2 Å². The van der Waals surface area contributed by atoms with Gasteiger partial charge in [-0.1, -0.05) is 33.6 Å². The Morgan fingerprint density at radius 3 is 2.57 bits per heavy atom. The van der Waals surface area contributed by atoms with Crippen molar-refractivity contribution in [2.75, 3.05) is 0 Å². The highest BCUT2D eigenvalue weighted by Gasteiger charge is 2.64. The molecule has 1 aliphatic carbocycles. The zero-order valence-electron chi connectivity index (χ0n) is 9.34. The van der Waals surface area contributed by atoms with Crippen LogP contribution in [0.2, 0.25) is 0 Å². The van der Waals surface area contributed by atoms with E-state index in [2.05, 4.69) is 26.8 Å². The molecule has 2 heteroatoms. The van der Waals surface area contributed by atoms with Gasteiger partial charge in [0.1, 0.15) is 5.60 Å². The second-order valence-electron chi connectivity index (χ2n) is 5.75. The lowest BCUT2D eigenvalue weighted by Crippen LogP contribution is -2.39. The second-order valence-corrected chi connectivity index (χ2v) is 5.75. The molecule has 0 amide bonds. The fourth-order valence-electron chi connectivity index (χ4n) is 3.11. The van der Waals surface area contributed by atoms with Gasteiger partial charge in [0.2, 0.25) is 0 Å². The highest BCUT2D eigenvalue weighted by Crippen LogP contribution is 2.56. The Morgan fingerprint density at radius 1 is 1.36 bits per heavy atom. The maximum Gasteiger partial charge on any atom is 0.173 e. The van der Waals surface area contributed by atoms with Crippen LogP contribution in [0.5, 0.6) is 0 Å². The highest BCUT2D eigenvalue weighted by molar-refractivity contribution is 5.19. The van der Waals surface area contributed by atoms with Gasteiger partial charge < -0.3 is 4.74 Å². The molecule has 3 unspecified atom stereocenters. The first-order valence-corrected chi connectivity index (χ1v) is 5.58. The third-order valence-electron chi connectivity index (χ3n) is 3.79. The van der Waals surface area contributed by atoms with E-state index in [-0.39, 0.29) is 17.1 Å². The molecular formula is C12H19NO. The molecule has 1 spiro atoms. The lowest BCUT2D eigenvalue weighted by atomic mass is 9.65. The van der Waals surface area contributed by atoms with Gasteiger partial charge >= 0.3 is 0 Å². The molecule has 1 saturated carbocycles. The van der Waals surface area contributed by atoms with E-state index in [4.69, 9.17) is 10.00 Å². The summed E-state index contributed by atoms with van der Waals surface area (Å²) >= 11 is 0. The summed E-state index contributed by atoms with van der Waals surface area (Å²) in [6, 6.07) is 2.28. The maximum absolute atomic E-state index is 8.93. The largest absolute Gasteiger partial charge is 0.350 e. The van der Waals surface area contributed by atoms with Gasteiger partial charge in [0.05, 0.1) is 6.07 Å². The van der Waals surface area contributed by atoms with Gasteiger partial charge in [-0.3, -0.25) is 0 Å². The Bertz CT molecular complexity index is 273. The summed E-state index contributed by atoms with van der Waals surface area (Å²) in [5.41, 5.74) is 0.206. The average molecular weight is 193 g/mol. The summed E-state index contributed by atoms with van der Waals surface area (Å²) in [7, 11) is 0. The number of nitriles is 1. The Kier molecular flexibility index (Phi) is 2.12. The molecular weight excluding hydrogens is 174 g/mol. The predicted molar refractivity (Wildman–Crippen MR) is 54.6 cm³/mol. The Balaban J connectivity index is 2.19. The lowest BCUT2D eigenvalue weighted by molar-refractivity contribution is 0.0699. The molecule has 3 atom stereocenters. The Hall–Kier alpha value is -0.550. The van der Waals surface area contributed by atoms with Crippen LogP contribution in [0.1, 0.15) is 46.5 Å². The Labute approximate surface area is 86.2 Å². The highest BCUT2D eigenvalue weighted by atomic mass is 16.6. The average Bonchev–Trinajstić information content (AvgIpc) is 2.78. The number of hydrogen-bond donors (Lipinski definition) is 0. The molecule has 2 aliphatic rings. The van der Waals surface area contributed by atoms with Crippen molar-refractivity contribution in [2.45, 2.75) is 58.2 Å². The van der Waals surface area contributed by atoms with Crippen LogP contribution in [0.4, 0.5) is 0 Å². The molecule has 0 aromatic rings. The second kappa shape index (κ2) is 2.97. The number of hydrogen-bond acceptors (Lipinski definition) is 2. The molecule has 0 N–H and O–H groups in total. The van der Waals surface area contributed by atoms with Gasteiger partial charge in [-0.2, -0.15) is 5.26 Å². The van der Waals surface area contributed by atoms with E-state index in [9.17, 15) is 0 Å². The van der Waals surface area contributed by atoms with E-state index in [1.165, 1.54) is 19.3 Å². The van der Waals surface area contributed by atoms with Crippen LogP contribution < -0.4 is 0 Å². The van der Waals surface area contributed by atoms with Gasteiger partial charge in [0.15, 0.2) is 6.10 Å². The van der Waals surface area contributed by atoms with Crippen molar-refractivity contribution in [3.63, 3.8) is 0 Å².